The predicted octanol–water partition coefficient (Wildman–Crippen LogP) is 1.66. The molecule has 2 rings (SSSR count). The lowest BCUT2D eigenvalue weighted by molar-refractivity contribution is 0.225. The minimum Gasteiger partial charge on any atom is -0.414 e. The van der Waals surface area contributed by atoms with Crippen molar-refractivity contribution in [2.24, 2.45) is 0 Å². The van der Waals surface area contributed by atoms with Crippen molar-refractivity contribution >= 4 is 32.6 Å². The third-order valence-electron chi connectivity index (χ3n) is 2.73. The topological polar surface area (TPSA) is 63.7 Å². The van der Waals surface area contributed by atoms with Crippen molar-refractivity contribution in [3.8, 4) is 5.75 Å². The molecule has 0 radical (unpaired) electrons. The molecule has 1 fully saturated rings. The number of benzene rings is 1. The van der Waals surface area contributed by atoms with Crippen LogP contribution in [0.3, 0.4) is 0 Å². The Balaban J connectivity index is 2.12. The summed E-state index contributed by atoms with van der Waals surface area (Å²) < 4.78 is 27.4. The number of hydrogen-bond donors (Lipinski definition) is 0. The van der Waals surface area contributed by atoms with E-state index < -0.39 is 15.3 Å². The number of rotatable bonds is 2. The Morgan fingerprint density at radius 2 is 1.94 bits per heavy atom. The highest BCUT2D eigenvalue weighted by Gasteiger charge is 2.21. The third kappa shape index (κ3) is 3.36. The highest BCUT2D eigenvalue weighted by molar-refractivity contribution is 7.91. The Morgan fingerprint density at radius 1 is 1.28 bits per heavy atom. The van der Waals surface area contributed by atoms with Crippen LogP contribution in [0.15, 0.2) is 24.3 Å². The second-order valence-electron chi connectivity index (χ2n) is 3.98. The smallest absolute Gasteiger partial charge is 0.409 e. The summed E-state index contributed by atoms with van der Waals surface area (Å²) in [5.74, 6) is 0.639. The maximum absolute atomic E-state index is 11.3. The van der Waals surface area contributed by atoms with E-state index in [0.29, 0.717) is 18.8 Å². The van der Waals surface area contributed by atoms with Crippen molar-refractivity contribution in [3.63, 3.8) is 0 Å². The molecule has 0 saturated carbocycles. The molecule has 0 unspecified atom stereocenters. The molecular weight excluding hydrogens is 278 g/mol. The number of hydrogen-bond acceptors (Lipinski definition) is 5. The summed E-state index contributed by atoms with van der Waals surface area (Å²) in [6, 6.07) is 6.85. The molecule has 1 aliphatic heterocycles. The number of nitrogens with zero attached hydrogens (tertiary/aromatic N) is 1. The molecule has 7 heteroatoms. The van der Waals surface area contributed by atoms with E-state index in [1.165, 1.54) is 0 Å². The molecule has 1 saturated heterocycles. The van der Waals surface area contributed by atoms with Crippen LogP contribution in [0.4, 0.5) is 10.5 Å². The van der Waals surface area contributed by atoms with E-state index in [-0.39, 0.29) is 11.5 Å². The van der Waals surface area contributed by atoms with Gasteiger partial charge in [-0.1, -0.05) is 6.07 Å². The van der Waals surface area contributed by atoms with E-state index in [9.17, 15) is 13.2 Å². The largest absolute Gasteiger partial charge is 0.414 e. The van der Waals surface area contributed by atoms with Gasteiger partial charge in [0.05, 0.1) is 11.5 Å². The molecule has 0 amide bonds. The molecule has 0 bridgehead atoms. The van der Waals surface area contributed by atoms with E-state index in [2.05, 4.69) is 0 Å². The van der Waals surface area contributed by atoms with E-state index in [4.69, 9.17) is 16.3 Å². The van der Waals surface area contributed by atoms with Crippen molar-refractivity contribution < 1.29 is 17.9 Å². The standard InChI is InChI=1S/C11H12ClNO4S/c12-11(14)17-10-3-1-2-9(8-10)13-4-6-18(15,16)7-5-13/h1-3,8H,4-7H2. The molecule has 0 spiro atoms. The van der Waals surface area contributed by atoms with Crippen molar-refractivity contribution in [1.29, 1.82) is 0 Å². The molecule has 0 aliphatic carbocycles. The van der Waals surface area contributed by atoms with E-state index in [1.807, 2.05) is 11.0 Å². The summed E-state index contributed by atoms with van der Waals surface area (Å²) in [7, 11) is -2.90. The van der Waals surface area contributed by atoms with Crippen molar-refractivity contribution in [2.45, 2.75) is 0 Å². The van der Waals surface area contributed by atoms with Crippen LogP contribution >= 0.6 is 11.6 Å². The maximum Gasteiger partial charge on any atom is 0.409 e. The molecule has 1 aliphatic rings. The van der Waals surface area contributed by atoms with Gasteiger partial charge >= 0.3 is 5.43 Å². The fourth-order valence-electron chi connectivity index (χ4n) is 1.81. The van der Waals surface area contributed by atoms with E-state index >= 15 is 0 Å². The summed E-state index contributed by atoms with van der Waals surface area (Å²) in [6.45, 7) is 0.890. The third-order valence-corrected chi connectivity index (χ3v) is 4.41. The number of anilines is 1. The van der Waals surface area contributed by atoms with Crippen molar-refractivity contribution in [1.82, 2.24) is 0 Å². The molecule has 1 aromatic rings. The first-order valence-corrected chi connectivity index (χ1v) is 7.59. The highest BCUT2D eigenvalue weighted by atomic mass is 35.5. The zero-order chi connectivity index (χ0) is 13.2. The predicted molar refractivity (Wildman–Crippen MR) is 69.2 cm³/mol. The van der Waals surface area contributed by atoms with Crippen LogP contribution in [0, 0.1) is 0 Å². The fraction of sp³-hybridized carbons (Fsp3) is 0.364. The van der Waals surface area contributed by atoms with Gasteiger partial charge in [-0.25, -0.2) is 13.2 Å². The Bertz CT molecular complexity index is 544. The van der Waals surface area contributed by atoms with Gasteiger partial charge < -0.3 is 9.64 Å². The van der Waals surface area contributed by atoms with Crippen LogP contribution in [-0.2, 0) is 9.84 Å². The molecule has 0 aromatic heterocycles. The van der Waals surface area contributed by atoms with Gasteiger partial charge in [-0.15, -0.1) is 0 Å². The van der Waals surface area contributed by atoms with Crippen molar-refractivity contribution in [3.05, 3.63) is 24.3 Å². The number of sulfone groups is 1. The SMILES string of the molecule is O=C(Cl)Oc1cccc(N2CCS(=O)(=O)CC2)c1. The van der Waals surface area contributed by atoms with Gasteiger partial charge in [0.15, 0.2) is 9.84 Å². The highest BCUT2D eigenvalue weighted by Crippen LogP contribution is 2.23. The maximum atomic E-state index is 11.3. The van der Waals surface area contributed by atoms with Gasteiger partial charge in [0, 0.05) is 36.4 Å². The molecular formula is C11H12ClNO4S. The summed E-state index contributed by atoms with van der Waals surface area (Å²) in [6.07, 6.45) is 0. The first kappa shape index (κ1) is 13.2. The number of carbonyl (C=O) groups excluding carboxylic acids is 1. The summed E-state index contributed by atoms with van der Waals surface area (Å²) in [5, 5.41) is 0. The lowest BCUT2D eigenvalue weighted by atomic mass is 10.2. The minimum atomic E-state index is -2.90. The molecule has 1 aromatic carbocycles. The Kier molecular flexibility index (Phi) is 3.77. The minimum absolute atomic E-state index is 0.145. The van der Waals surface area contributed by atoms with Crippen LogP contribution < -0.4 is 9.64 Å². The fourth-order valence-corrected chi connectivity index (χ4v) is 3.10. The Labute approximate surface area is 110 Å². The first-order valence-electron chi connectivity index (χ1n) is 5.39. The lowest BCUT2D eigenvalue weighted by Gasteiger charge is -2.28. The van der Waals surface area contributed by atoms with E-state index in [1.54, 1.807) is 18.2 Å². The molecule has 1 heterocycles. The van der Waals surface area contributed by atoms with Gasteiger partial charge in [0.25, 0.3) is 0 Å². The molecule has 18 heavy (non-hydrogen) atoms. The summed E-state index contributed by atoms with van der Waals surface area (Å²) in [4.78, 5) is 12.6. The van der Waals surface area contributed by atoms with Gasteiger partial charge in [-0.3, -0.25) is 0 Å². The summed E-state index contributed by atoms with van der Waals surface area (Å²) in [5.41, 5.74) is -0.0753. The number of carbonyl (C=O) groups is 1. The normalized spacial score (nSPS) is 18.4. The van der Waals surface area contributed by atoms with Crippen LogP contribution in [0.1, 0.15) is 0 Å². The van der Waals surface area contributed by atoms with E-state index in [0.717, 1.165) is 5.69 Å². The Hall–Kier alpha value is -1.27. The van der Waals surface area contributed by atoms with Crippen LogP contribution in [0.5, 0.6) is 5.75 Å². The van der Waals surface area contributed by atoms with Crippen molar-refractivity contribution in [2.75, 3.05) is 29.5 Å². The average Bonchev–Trinajstić information content (AvgIpc) is 2.28. The van der Waals surface area contributed by atoms with Gasteiger partial charge in [-0.2, -0.15) is 0 Å². The molecule has 0 atom stereocenters. The first-order chi connectivity index (χ1) is 8.46. The zero-order valence-electron chi connectivity index (χ0n) is 9.50. The second kappa shape index (κ2) is 5.16. The zero-order valence-corrected chi connectivity index (χ0v) is 11.1. The van der Waals surface area contributed by atoms with Gasteiger partial charge in [-0.05, 0) is 12.1 Å². The Morgan fingerprint density at radius 3 is 2.56 bits per heavy atom. The second-order valence-corrected chi connectivity index (χ2v) is 6.59. The number of ether oxygens (including phenoxy) is 1. The number of halogens is 1. The molecule has 98 valence electrons. The van der Waals surface area contributed by atoms with Crippen LogP contribution in [0.25, 0.3) is 0 Å². The molecule has 0 N–H and O–H groups in total. The van der Waals surface area contributed by atoms with Crippen LogP contribution in [0.2, 0.25) is 0 Å². The molecule has 5 nitrogen and oxygen atoms in total. The summed E-state index contributed by atoms with van der Waals surface area (Å²) >= 11 is 5.13. The average molecular weight is 290 g/mol. The lowest BCUT2D eigenvalue weighted by Crippen LogP contribution is -2.40. The quantitative estimate of drug-likeness (QED) is 0.775. The van der Waals surface area contributed by atoms with Gasteiger partial charge in [0.1, 0.15) is 5.75 Å². The van der Waals surface area contributed by atoms with Crippen LogP contribution in [-0.4, -0.2) is 38.4 Å². The van der Waals surface area contributed by atoms with Gasteiger partial charge in [0.2, 0.25) is 0 Å². The monoisotopic (exact) mass is 289 g/mol.